The van der Waals surface area contributed by atoms with E-state index in [1.54, 1.807) is 0 Å². The van der Waals surface area contributed by atoms with Gasteiger partial charge in [0.2, 0.25) is 0 Å². The van der Waals surface area contributed by atoms with Gasteiger partial charge >= 0.3 is 0 Å². The minimum atomic E-state index is 0.582. The van der Waals surface area contributed by atoms with E-state index >= 15 is 0 Å². The minimum Gasteiger partial charge on any atom is -0.300 e. The summed E-state index contributed by atoms with van der Waals surface area (Å²) in [7, 11) is 0. The van der Waals surface area contributed by atoms with Gasteiger partial charge in [-0.1, -0.05) is 19.3 Å². The maximum Gasteiger partial charge on any atom is 0.0113 e. The van der Waals surface area contributed by atoms with Crippen molar-refractivity contribution in [2.45, 2.75) is 51.0 Å². The lowest BCUT2D eigenvalue weighted by molar-refractivity contribution is 0.0411. The average molecular weight is 268 g/mol. The summed E-state index contributed by atoms with van der Waals surface area (Å²) in [4.78, 5) is 5.47. The second-order valence-corrected chi connectivity index (χ2v) is 7.08. The van der Waals surface area contributed by atoms with Gasteiger partial charge in [-0.3, -0.25) is 4.90 Å². The molecular formula is C15H28N2S. The maximum absolute atomic E-state index is 4.58. The highest BCUT2D eigenvalue weighted by atomic mass is 32.1. The van der Waals surface area contributed by atoms with Gasteiger partial charge in [0.25, 0.3) is 0 Å². The predicted octanol–water partition coefficient (Wildman–Crippen LogP) is 2.65. The molecule has 0 spiro atoms. The van der Waals surface area contributed by atoms with Crippen molar-refractivity contribution in [3.05, 3.63) is 0 Å². The molecule has 3 fully saturated rings. The van der Waals surface area contributed by atoms with Crippen molar-refractivity contribution in [2.75, 3.05) is 38.5 Å². The SMILES string of the molecule is SCC1(CN2CCN(C3CCCC3)CC2)CCC1. The number of hydrogen-bond acceptors (Lipinski definition) is 3. The quantitative estimate of drug-likeness (QED) is 0.783. The Morgan fingerprint density at radius 2 is 1.61 bits per heavy atom. The third kappa shape index (κ3) is 2.73. The number of nitrogens with zero attached hydrogens (tertiary/aromatic N) is 2. The highest BCUT2D eigenvalue weighted by Gasteiger charge is 2.38. The van der Waals surface area contributed by atoms with Gasteiger partial charge in [-0.15, -0.1) is 0 Å². The lowest BCUT2D eigenvalue weighted by atomic mass is 9.70. The zero-order valence-corrected chi connectivity index (χ0v) is 12.5. The molecule has 0 unspecified atom stereocenters. The number of thiol groups is 1. The molecule has 0 radical (unpaired) electrons. The summed E-state index contributed by atoms with van der Waals surface area (Å²) in [5.41, 5.74) is 0.582. The summed E-state index contributed by atoms with van der Waals surface area (Å²) >= 11 is 4.58. The van der Waals surface area contributed by atoms with E-state index in [4.69, 9.17) is 0 Å². The van der Waals surface area contributed by atoms with Crippen molar-refractivity contribution < 1.29 is 0 Å². The van der Waals surface area contributed by atoms with Crippen molar-refractivity contribution >= 4 is 12.6 Å². The van der Waals surface area contributed by atoms with Crippen LogP contribution in [0.5, 0.6) is 0 Å². The van der Waals surface area contributed by atoms with Crippen LogP contribution in [0.3, 0.4) is 0 Å². The summed E-state index contributed by atoms with van der Waals surface area (Å²) in [6.07, 6.45) is 10.1. The molecule has 2 saturated carbocycles. The van der Waals surface area contributed by atoms with E-state index < -0.39 is 0 Å². The summed E-state index contributed by atoms with van der Waals surface area (Å²) in [5.74, 6) is 1.09. The molecule has 1 heterocycles. The third-order valence-electron chi connectivity index (χ3n) is 5.56. The Hall–Kier alpha value is 0.270. The summed E-state index contributed by atoms with van der Waals surface area (Å²) in [6, 6.07) is 0.926. The Kier molecular flexibility index (Phi) is 4.21. The lowest BCUT2D eigenvalue weighted by Crippen LogP contribution is -2.53. The molecule has 3 rings (SSSR count). The van der Waals surface area contributed by atoms with Crippen LogP contribution in [-0.2, 0) is 0 Å². The van der Waals surface area contributed by atoms with E-state index in [-0.39, 0.29) is 0 Å². The van der Waals surface area contributed by atoms with Crippen LogP contribution >= 0.6 is 12.6 Å². The Labute approximate surface area is 118 Å². The number of rotatable bonds is 4. The maximum atomic E-state index is 4.58. The zero-order valence-electron chi connectivity index (χ0n) is 11.6. The van der Waals surface area contributed by atoms with Crippen LogP contribution in [0.25, 0.3) is 0 Å². The first-order chi connectivity index (χ1) is 8.81. The third-order valence-corrected chi connectivity index (χ3v) is 6.23. The topological polar surface area (TPSA) is 6.48 Å². The molecule has 0 aromatic rings. The fourth-order valence-electron chi connectivity index (χ4n) is 4.07. The van der Waals surface area contributed by atoms with Gasteiger partial charge in [-0.25, -0.2) is 0 Å². The number of piperazine rings is 1. The van der Waals surface area contributed by atoms with Crippen LogP contribution in [0.15, 0.2) is 0 Å². The number of hydrogen-bond donors (Lipinski definition) is 1. The van der Waals surface area contributed by atoms with Gasteiger partial charge in [-0.2, -0.15) is 12.6 Å². The van der Waals surface area contributed by atoms with E-state index in [9.17, 15) is 0 Å². The van der Waals surface area contributed by atoms with Crippen LogP contribution in [0.4, 0.5) is 0 Å². The molecule has 3 heteroatoms. The Balaban J connectivity index is 1.45. The first kappa shape index (κ1) is 13.3. The monoisotopic (exact) mass is 268 g/mol. The van der Waals surface area contributed by atoms with Crippen molar-refractivity contribution in [3.63, 3.8) is 0 Å². The molecule has 1 saturated heterocycles. The van der Waals surface area contributed by atoms with Crippen LogP contribution < -0.4 is 0 Å². The Bertz CT molecular complexity index is 258. The van der Waals surface area contributed by atoms with Crippen LogP contribution in [0.2, 0.25) is 0 Å². The zero-order chi connectivity index (χ0) is 12.4. The van der Waals surface area contributed by atoms with Gasteiger partial charge in [0.15, 0.2) is 0 Å². The van der Waals surface area contributed by atoms with Crippen molar-refractivity contribution in [3.8, 4) is 0 Å². The highest BCUT2D eigenvalue weighted by molar-refractivity contribution is 7.80. The van der Waals surface area contributed by atoms with Gasteiger partial charge in [-0.05, 0) is 36.9 Å². The molecule has 0 amide bonds. The van der Waals surface area contributed by atoms with Crippen molar-refractivity contribution in [1.29, 1.82) is 0 Å². The highest BCUT2D eigenvalue weighted by Crippen LogP contribution is 2.42. The van der Waals surface area contributed by atoms with Gasteiger partial charge in [0.05, 0.1) is 0 Å². The summed E-state index contributed by atoms with van der Waals surface area (Å²) in [5, 5.41) is 0. The molecule has 0 aromatic carbocycles. The van der Waals surface area contributed by atoms with Gasteiger partial charge in [0.1, 0.15) is 0 Å². The molecule has 18 heavy (non-hydrogen) atoms. The van der Waals surface area contributed by atoms with E-state index in [0.717, 1.165) is 11.8 Å². The second kappa shape index (κ2) is 5.72. The lowest BCUT2D eigenvalue weighted by Gasteiger charge is -2.47. The Morgan fingerprint density at radius 1 is 0.944 bits per heavy atom. The van der Waals surface area contributed by atoms with Gasteiger partial charge < -0.3 is 4.90 Å². The summed E-state index contributed by atoms with van der Waals surface area (Å²) < 4.78 is 0. The van der Waals surface area contributed by atoms with Crippen LogP contribution in [0, 0.1) is 5.41 Å². The molecule has 0 N–H and O–H groups in total. The van der Waals surface area contributed by atoms with E-state index in [1.807, 2.05) is 0 Å². The van der Waals surface area contributed by atoms with Crippen LogP contribution in [-0.4, -0.2) is 54.3 Å². The molecule has 0 atom stereocenters. The molecule has 2 aliphatic carbocycles. The fourth-order valence-corrected chi connectivity index (χ4v) is 4.49. The van der Waals surface area contributed by atoms with E-state index in [1.165, 1.54) is 77.7 Å². The second-order valence-electron chi connectivity index (χ2n) is 6.76. The van der Waals surface area contributed by atoms with Crippen molar-refractivity contribution in [1.82, 2.24) is 9.80 Å². The van der Waals surface area contributed by atoms with E-state index in [2.05, 4.69) is 22.4 Å². The first-order valence-corrected chi connectivity index (χ1v) is 8.52. The molecule has 0 aromatic heterocycles. The largest absolute Gasteiger partial charge is 0.300 e. The average Bonchev–Trinajstić information content (AvgIpc) is 2.88. The van der Waals surface area contributed by atoms with Crippen molar-refractivity contribution in [2.24, 2.45) is 5.41 Å². The predicted molar refractivity (Wildman–Crippen MR) is 80.4 cm³/mol. The normalized spacial score (nSPS) is 30.5. The van der Waals surface area contributed by atoms with Gasteiger partial charge in [0, 0.05) is 38.8 Å². The molecular weight excluding hydrogens is 240 g/mol. The minimum absolute atomic E-state index is 0.582. The fraction of sp³-hybridized carbons (Fsp3) is 1.00. The summed E-state index contributed by atoms with van der Waals surface area (Å²) in [6.45, 7) is 6.54. The van der Waals surface area contributed by atoms with E-state index in [0.29, 0.717) is 5.41 Å². The molecule has 104 valence electrons. The molecule has 3 aliphatic rings. The first-order valence-electron chi connectivity index (χ1n) is 7.89. The van der Waals surface area contributed by atoms with Crippen LogP contribution in [0.1, 0.15) is 44.9 Å². The smallest absolute Gasteiger partial charge is 0.0113 e. The Morgan fingerprint density at radius 3 is 2.11 bits per heavy atom. The molecule has 1 aliphatic heterocycles. The molecule has 0 bridgehead atoms. The molecule has 2 nitrogen and oxygen atoms in total. The standard InChI is InChI=1S/C15H28N2S/c18-13-15(6-3-7-15)12-16-8-10-17(11-9-16)14-4-1-2-5-14/h14,18H,1-13H2.